The smallest absolute Gasteiger partial charge is 0.261 e. The Balaban J connectivity index is 1.48. The van der Waals surface area contributed by atoms with E-state index in [9.17, 15) is 14.4 Å². The quantitative estimate of drug-likeness (QED) is 0.247. The lowest BCUT2D eigenvalue weighted by Crippen LogP contribution is -2.35. The van der Waals surface area contributed by atoms with Crippen molar-refractivity contribution < 1.29 is 19.1 Å². The SMILES string of the molecule is COc1ccc(Cn2nc(C(=O)CN3C(=O)c4ccccc4C3=O)c3c(Cl)ncnc32)cc1. The Bertz CT molecular complexity index is 1400. The first-order valence-corrected chi connectivity index (χ1v) is 10.3. The number of Topliss-reactive ketones (excluding diaryl/α,β-unsaturated/α-hetero) is 1. The molecule has 0 aliphatic carbocycles. The number of fused-ring (bicyclic) bond motifs is 2. The Morgan fingerprint density at radius 2 is 1.67 bits per heavy atom. The number of amides is 2. The molecule has 0 spiro atoms. The molecule has 0 atom stereocenters. The number of aromatic nitrogens is 4. The zero-order valence-corrected chi connectivity index (χ0v) is 18.1. The van der Waals surface area contributed by atoms with Gasteiger partial charge in [0.2, 0.25) is 5.78 Å². The monoisotopic (exact) mass is 461 g/mol. The zero-order chi connectivity index (χ0) is 23.1. The molecule has 4 aromatic rings. The van der Waals surface area contributed by atoms with Crippen molar-refractivity contribution in [1.82, 2.24) is 24.6 Å². The van der Waals surface area contributed by atoms with Gasteiger partial charge in [-0.1, -0.05) is 35.9 Å². The summed E-state index contributed by atoms with van der Waals surface area (Å²) < 4.78 is 6.72. The summed E-state index contributed by atoms with van der Waals surface area (Å²) in [7, 11) is 1.58. The minimum absolute atomic E-state index is 0.000618. The van der Waals surface area contributed by atoms with Crippen LogP contribution in [0.4, 0.5) is 0 Å². The van der Waals surface area contributed by atoms with E-state index < -0.39 is 24.1 Å². The van der Waals surface area contributed by atoms with Crippen LogP contribution in [0.15, 0.2) is 54.9 Å². The molecule has 0 unspecified atom stereocenters. The highest BCUT2D eigenvalue weighted by atomic mass is 35.5. The number of ether oxygens (including phenoxy) is 1. The molecule has 0 fully saturated rings. The molecule has 1 aliphatic rings. The molecule has 2 aromatic carbocycles. The van der Waals surface area contributed by atoms with Crippen LogP contribution in [0.3, 0.4) is 0 Å². The summed E-state index contributed by atoms with van der Waals surface area (Å²) in [5.74, 6) is -0.868. The highest BCUT2D eigenvalue weighted by molar-refractivity contribution is 6.35. The first-order valence-electron chi connectivity index (χ1n) is 9.96. The fourth-order valence-corrected chi connectivity index (χ4v) is 4.00. The molecule has 164 valence electrons. The van der Waals surface area contributed by atoms with E-state index in [2.05, 4.69) is 15.1 Å². The predicted molar refractivity (Wildman–Crippen MR) is 119 cm³/mol. The van der Waals surface area contributed by atoms with Crippen LogP contribution in [0.25, 0.3) is 11.0 Å². The van der Waals surface area contributed by atoms with Crippen LogP contribution < -0.4 is 4.74 Å². The van der Waals surface area contributed by atoms with E-state index in [0.29, 0.717) is 17.9 Å². The molecule has 1 aliphatic heterocycles. The Morgan fingerprint density at radius 1 is 1.00 bits per heavy atom. The fourth-order valence-electron chi connectivity index (χ4n) is 3.78. The average Bonchev–Trinajstić information content (AvgIpc) is 3.32. The third-order valence-electron chi connectivity index (χ3n) is 5.42. The number of ketones is 1. The van der Waals surface area contributed by atoms with E-state index in [-0.39, 0.29) is 27.4 Å². The van der Waals surface area contributed by atoms with Gasteiger partial charge in [0.15, 0.2) is 5.65 Å². The van der Waals surface area contributed by atoms with Crippen molar-refractivity contribution in [3.05, 3.63) is 82.4 Å². The van der Waals surface area contributed by atoms with Crippen molar-refractivity contribution in [3.63, 3.8) is 0 Å². The van der Waals surface area contributed by atoms with Gasteiger partial charge in [0, 0.05) is 0 Å². The lowest BCUT2D eigenvalue weighted by Gasteiger charge is -2.11. The summed E-state index contributed by atoms with van der Waals surface area (Å²) >= 11 is 6.29. The van der Waals surface area contributed by atoms with E-state index in [1.807, 2.05) is 24.3 Å². The van der Waals surface area contributed by atoms with Gasteiger partial charge in [0.25, 0.3) is 11.8 Å². The molecule has 0 radical (unpaired) electrons. The lowest BCUT2D eigenvalue weighted by atomic mass is 10.1. The number of nitrogens with zero attached hydrogens (tertiary/aromatic N) is 5. The summed E-state index contributed by atoms with van der Waals surface area (Å²) in [5, 5.41) is 4.76. The number of hydrogen-bond donors (Lipinski definition) is 0. The maximum atomic E-state index is 13.2. The summed E-state index contributed by atoms with van der Waals surface area (Å²) in [6.45, 7) is -0.152. The number of imide groups is 1. The third-order valence-corrected chi connectivity index (χ3v) is 5.70. The normalized spacial score (nSPS) is 13.0. The van der Waals surface area contributed by atoms with Crippen molar-refractivity contribution >= 4 is 40.2 Å². The number of carbonyl (C=O) groups excluding carboxylic acids is 3. The van der Waals surface area contributed by atoms with E-state index in [0.717, 1.165) is 10.5 Å². The van der Waals surface area contributed by atoms with Crippen LogP contribution >= 0.6 is 11.6 Å². The average molecular weight is 462 g/mol. The van der Waals surface area contributed by atoms with Gasteiger partial charge in [-0.3, -0.25) is 19.3 Å². The highest BCUT2D eigenvalue weighted by Crippen LogP contribution is 2.27. The number of rotatable bonds is 6. The first-order chi connectivity index (χ1) is 16.0. The van der Waals surface area contributed by atoms with E-state index in [4.69, 9.17) is 16.3 Å². The molecule has 2 amide bonds. The van der Waals surface area contributed by atoms with E-state index in [1.54, 1.807) is 36.1 Å². The molecular weight excluding hydrogens is 446 g/mol. The molecule has 3 heterocycles. The van der Waals surface area contributed by atoms with Crippen LogP contribution in [-0.4, -0.2) is 55.9 Å². The maximum Gasteiger partial charge on any atom is 0.261 e. The molecule has 2 aromatic heterocycles. The molecule has 9 nitrogen and oxygen atoms in total. The second-order valence-electron chi connectivity index (χ2n) is 7.38. The molecule has 5 rings (SSSR count). The van der Waals surface area contributed by atoms with Crippen LogP contribution in [0.2, 0.25) is 5.15 Å². The van der Waals surface area contributed by atoms with Crippen molar-refractivity contribution in [2.24, 2.45) is 0 Å². The van der Waals surface area contributed by atoms with Gasteiger partial charge in [-0.15, -0.1) is 0 Å². The molecule has 0 saturated heterocycles. The van der Waals surface area contributed by atoms with Crippen LogP contribution in [0, 0.1) is 0 Å². The highest BCUT2D eigenvalue weighted by Gasteiger charge is 2.37. The van der Waals surface area contributed by atoms with Gasteiger partial charge >= 0.3 is 0 Å². The van der Waals surface area contributed by atoms with Crippen LogP contribution in [0.5, 0.6) is 5.75 Å². The summed E-state index contributed by atoms with van der Waals surface area (Å²) in [6.07, 6.45) is 1.29. The molecule has 0 N–H and O–H groups in total. The number of methoxy groups -OCH3 is 1. The number of carbonyl (C=O) groups is 3. The van der Waals surface area contributed by atoms with Gasteiger partial charge < -0.3 is 4.74 Å². The topological polar surface area (TPSA) is 107 Å². The van der Waals surface area contributed by atoms with Gasteiger partial charge in [0.1, 0.15) is 22.9 Å². The molecule has 10 heteroatoms. The van der Waals surface area contributed by atoms with Crippen LogP contribution in [0.1, 0.15) is 36.8 Å². The minimum Gasteiger partial charge on any atom is -0.497 e. The lowest BCUT2D eigenvalue weighted by molar-refractivity contribution is 0.0623. The maximum absolute atomic E-state index is 13.2. The van der Waals surface area contributed by atoms with E-state index in [1.165, 1.54) is 6.33 Å². The van der Waals surface area contributed by atoms with Crippen molar-refractivity contribution in [1.29, 1.82) is 0 Å². The van der Waals surface area contributed by atoms with Gasteiger partial charge in [-0.25, -0.2) is 14.6 Å². The fraction of sp³-hybridized carbons (Fsp3) is 0.130. The minimum atomic E-state index is -0.542. The Kier molecular flexibility index (Phi) is 5.10. The third kappa shape index (κ3) is 3.52. The second-order valence-corrected chi connectivity index (χ2v) is 7.74. The molecular formula is C23H16ClN5O4. The largest absolute Gasteiger partial charge is 0.497 e. The first kappa shape index (κ1) is 20.8. The van der Waals surface area contributed by atoms with Gasteiger partial charge in [-0.2, -0.15) is 5.10 Å². The summed E-state index contributed by atoms with van der Waals surface area (Å²) in [4.78, 5) is 47.7. The summed E-state index contributed by atoms with van der Waals surface area (Å²) in [6, 6.07) is 13.8. The van der Waals surface area contributed by atoms with Gasteiger partial charge in [-0.05, 0) is 29.8 Å². The molecule has 0 bridgehead atoms. The van der Waals surface area contributed by atoms with Crippen molar-refractivity contribution in [2.75, 3.05) is 13.7 Å². The van der Waals surface area contributed by atoms with Crippen LogP contribution in [-0.2, 0) is 6.54 Å². The zero-order valence-electron chi connectivity index (χ0n) is 17.4. The Morgan fingerprint density at radius 3 is 2.30 bits per heavy atom. The van der Waals surface area contributed by atoms with Crippen molar-refractivity contribution in [3.8, 4) is 5.75 Å². The molecule has 33 heavy (non-hydrogen) atoms. The molecule has 0 saturated carbocycles. The Labute approximate surface area is 192 Å². The van der Waals surface area contributed by atoms with Gasteiger partial charge in [0.05, 0.1) is 36.7 Å². The van der Waals surface area contributed by atoms with E-state index >= 15 is 0 Å². The van der Waals surface area contributed by atoms with Crippen molar-refractivity contribution in [2.45, 2.75) is 6.54 Å². The number of benzene rings is 2. The predicted octanol–water partition coefficient (Wildman–Crippen LogP) is 3.02. The second kappa shape index (κ2) is 8.10. The number of halogens is 1. The number of hydrogen-bond acceptors (Lipinski definition) is 7. The Hall–Kier alpha value is -4.11. The summed E-state index contributed by atoms with van der Waals surface area (Å²) in [5.41, 5.74) is 1.81. The standard InChI is InChI=1S/C23H16ClN5O4/c1-33-14-8-6-13(7-9-14)10-29-21-18(20(24)25-12-26-21)19(27-29)17(30)11-28-22(31)15-4-2-3-5-16(15)23(28)32/h2-9,12H,10-11H2,1H3.